The highest BCUT2D eigenvalue weighted by atomic mass is 16.3. The molecule has 2 rings (SSSR count). The first kappa shape index (κ1) is 12.8. The van der Waals surface area contributed by atoms with E-state index in [1.54, 1.807) is 0 Å². The standard InChI is InChI=1S/C13H24N2O2/c1-9(16)11-4-6-15(7-5-11)13(17)12(14)8-10-2-3-10/h9-12,16H,2-8,14H2,1H3/t9?,12-/m0/s1. The van der Waals surface area contributed by atoms with Gasteiger partial charge in [0.15, 0.2) is 0 Å². The highest BCUT2D eigenvalue weighted by Gasteiger charge is 2.31. The second-order valence-corrected chi connectivity index (χ2v) is 5.69. The molecular weight excluding hydrogens is 216 g/mol. The minimum atomic E-state index is -0.300. The van der Waals surface area contributed by atoms with Gasteiger partial charge >= 0.3 is 0 Å². The number of aliphatic hydroxyl groups excluding tert-OH is 1. The van der Waals surface area contributed by atoms with Gasteiger partial charge in [-0.15, -0.1) is 0 Å². The molecule has 1 unspecified atom stereocenters. The number of aliphatic hydroxyl groups is 1. The Bertz CT molecular complexity index is 269. The van der Waals surface area contributed by atoms with Crippen molar-refractivity contribution in [3.05, 3.63) is 0 Å². The van der Waals surface area contributed by atoms with Gasteiger partial charge in [0.1, 0.15) is 0 Å². The third-order valence-electron chi connectivity index (χ3n) is 4.13. The molecule has 1 heterocycles. The van der Waals surface area contributed by atoms with Gasteiger partial charge in [-0.05, 0) is 38.0 Å². The lowest BCUT2D eigenvalue weighted by molar-refractivity contribution is -0.134. The summed E-state index contributed by atoms with van der Waals surface area (Å²) in [5.74, 6) is 1.16. The number of piperidine rings is 1. The van der Waals surface area contributed by atoms with Crippen molar-refractivity contribution in [2.45, 2.75) is 51.2 Å². The number of carbonyl (C=O) groups excluding carboxylic acids is 1. The average molecular weight is 240 g/mol. The van der Waals surface area contributed by atoms with Crippen molar-refractivity contribution in [2.75, 3.05) is 13.1 Å². The number of likely N-dealkylation sites (tertiary alicyclic amines) is 1. The first-order valence-corrected chi connectivity index (χ1v) is 6.80. The van der Waals surface area contributed by atoms with Crippen LogP contribution < -0.4 is 5.73 Å². The van der Waals surface area contributed by atoms with Crippen LogP contribution in [-0.2, 0) is 4.79 Å². The molecule has 98 valence electrons. The van der Waals surface area contributed by atoms with Crippen molar-refractivity contribution < 1.29 is 9.90 Å². The molecule has 2 fully saturated rings. The Kier molecular flexibility index (Phi) is 4.05. The summed E-state index contributed by atoms with van der Waals surface area (Å²) in [6.45, 7) is 3.35. The fraction of sp³-hybridized carbons (Fsp3) is 0.923. The van der Waals surface area contributed by atoms with Crippen LogP contribution in [0.1, 0.15) is 39.0 Å². The van der Waals surface area contributed by atoms with E-state index in [4.69, 9.17) is 5.73 Å². The molecule has 0 aromatic heterocycles. The lowest BCUT2D eigenvalue weighted by Crippen LogP contribution is -2.48. The van der Waals surface area contributed by atoms with Gasteiger partial charge in [-0.1, -0.05) is 12.8 Å². The molecule has 0 radical (unpaired) electrons. The molecule has 17 heavy (non-hydrogen) atoms. The van der Waals surface area contributed by atoms with Crippen LogP contribution in [0.4, 0.5) is 0 Å². The summed E-state index contributed by atoms with van der Waals surface area (Å²) >= 11 is 0. The summed E-state index contributed by atoms with van der Waals surface area (Å²) in [6.07, 6.45) is 4.89. The Labute approximate surface area is 103 Å². The lowest BCUT2D eigenvalue weighted by Gasteiger charge is -2.34. The van der Waals surface area contributed by atoms with Crippen molar-refractivity contribution in [3.63, 3.8) is 0 Å². The Morgan fingerprint density at radius 1 is 1.35 bits per heavy atom. The lowest BCUT2D eigenvalue weighted by atomic mass is 9.92. The van der Waals surface area contributed by atoms with Crippen molar-refractivity contribution in [1.29, 1.82) is 0 Å². The molecule has 1 saturated carbocycles. The fourth-order valence-electron chi connectivity index (χ4n) is 2.65. The molecule has 2 aliphatic rings. The van der Waals surface area contributed by atoms with E-state index >= 15 is 0 Å². The SMILES string of the molecule is CC(O)C1CCN(C(=O)[C@@H](N)CC2CC2)CC1. The first-order valence-electron chi connectivity index (χ1n) is 6.80. The predicted octanol–water partition coefficient (Wildman–Crippen LogP) is 0.733. The average Bonchev–Trinajstić information content (AvgIpc) is 3.12. The molecule has 0 spiro atoms. The summed E-state index contributed by atoms with van der Waals surface area (Å²) in [4.78, 5) is 14.0. The third kappa shape index (κ3) is 3.42. The maximum atomic E-state index is 12.1. The second-order valence-electron chi connectivity index (χ2n) is 5.69. The fourth-order valence-corrected chi connectivity index (χ4v) is 2.65. The molecule has 0 bridgehead atoms. The zero-order chi connectivity index (χ0) is 12.4. The minimum Gasteiger partial charge on any atom is -0.393 e. The van der Waals surface area contributed by atoms with Gasteiger partial charge in [0.25, 0.3) is 0 Å². The maximum Gasteiger partial charge on any atom is 0.239 e. The van der Waals surface area contributed by atoms with Gasteiger partial charge < -0.3 is 15.7 Å². The number of hydrogen-bond donors (Lipinski definition) is 2. The number of nitrogens with zero attached hydrogens (tertiary/aromatic N) is 1. The third-order valence-corrected chi connectivity index (χ3v) is 4.13. The molecule has 1 amide bonds. The Morgan fingerprint density at radius 3 is 2.41 bits per heavy atom. The van der Waals surface area contributed by atoms with E-state index in [0.29, 0.717) is 11.8 Å². The van der Waals surface area contributed by atoms with E-state index < -0.39 is 0 Å². The van der Waals surface area contributed by atoms with E-state index in [9.17, 15) is 9.90 Å². The Hall–Kier alpha value is -0.610. The zero-order valence-electron chi connectivity index (χ0n) is 10.6. The van der Waals surface area contributed by atoms with Gasteiger partial charge in [-0.2, -0.15) is 0 Å². The molecule has 3 N–H and O–H groups in total. The number of nitrogens with two attached hydrogens (primary N) is 1. The smallest absolute Gasteiger partial charge is 0.239 e. The predicted molar refractivity (Wildman–Crippen MR) is 66.3 cm³/mol. The van der Waals surface area contributed by atoms with Crippen LogP contribution in [0.5, 0.6) is 0 Å². The van der Waals surface area contributed by atoms with E-state index in [1.165, 1.54) is 12.8 Å². The molecule has 2 atom stereocenters. The summed E-state index contributed by atoms with van der Waals surface area (Å²) in [7, 11) is 0. The molecular formula is C13H24N2O2. The highest BCUT2D eigenvalue weighted by molar-refractivity contribution is 5.81. The summed E-state index contributed by atoms with van der Waals surface area (Å²) in [5, 5.41) is 9.51. The van der Waals surface area contributed by atoms with Crippen molar-refractivity contribution >= 4 is 5.91 Å². The van der Waals surface area contributed by atoms with Gasteiger partial charge in [0, 0.05) is 13.1 Å². The molecule has 0 aromatic carbocycles. The number of carbonyl (C=O) groups is 1. The molecule has 4 heteroatoms. The van der Waals surface area contributed by atoms with Gasteiger partial charge in [0.05, 0.1) is 12.1 Å². The van der Waals surface area contributed by atoms with Crippen molar-refractivity contribution in [2.24, 2.45) is 17.6 Å². The summed E-state index contributed by atoms with van der Waals surface area (Å²) < 4.78 is 0. The van der Waals surface area contributed by atoms with Crippen LogP contribution in [0.2, 0.25) is 0 Å². The van der Waals surface area contributed by atoms with E-state index in [0.717, 1.165) is 32.4 Å². The largest absolute Gasteiger partial charge is 0.393 e. The molecule has 0 aromatic rings. The van der Waals surface area contributed by atoms with Crippen LogP contribution in [0.15, 0.2) is 0 Å². The van der Waals surface area contributed by atoms with Gasteiger partial charge in [-0.3, -0.25) is 4.79 Å². The maximum absolute atomic E-state index is 12.1. The monoisotopic (exact) mass is 240 g/mol. The topological polar surface area (TPSA) is 66.6 Å². The van der Waals surface area contributed by atoms with Crippen LogP contribution in [-0.4, -0.2) is 41.1 Å². The van der Waals surface area contributed by atoms with Crippen LogP contribution >= 0.6 is 0 Å². The molecule has 1 saturated heterocycles. The number of hydrogen-bond acceptors (Lipinski definition) is 3. The number of amides is 1. The normalized spacial score (nSPS) is 25.7. The quantitative estimate of drug-likeness (QED) is 0.761. The van der Waals surface area contributed by atoms with Crippen LogP contribution in [0, 0.1) is 11.8 Å². The van der Waals surface area contributed by atoms with Crippen LogP contribution in [0.3, 0.4) is 0 Å². The number of rotatable bonds is 4. The van der Waals surface area contributed by atoms with Gasteiger partial charge in [0.2, 0.25) is 5.91 Å². The van der Waals surface area contributed by atoms with Crippen LogP contribution in [0.25, 0.3) is 0 Å². The molecule has 4 nitrogen and oxygen atoms in total. The Morgan fingerprint density at radius 2 is 1.94 bits per heavy atom. The Balaban J connectivity index is 1.76. The summed E-state index contributed by atoms with van der Waals surface area (Å²) in [5.41, 5.74) is 5.94. The van der Waals surface area contributed by atoms with Crippen molar-refractivity contribution in [3.8, 4) is 0 Å². The minimum absolute atomic E-state index is 0.112. The van der Waals surface area contributed by atoms with E-state index in [2.05, 4.69) is 0 Å². The molecule has 1 aliphatic heterocycles. The second kappa shape index (κ2) is 5.36. The van der Waals surface area contributed by atoms with Crippen molar-refractivity contribution in [1.82, 2.24) is 4.90 Å². The highest BCUT2D eigenvalue weighted by Crippen LogP contribution is 2.33. The summed E-state index contributed by atoms with van der Waals surface area (Å²) in [6, 6.07) is -0.300. The molecule has 1 aliphatic carbocycles. The van der Waals surface area contributed by atoms with E-state index in [1.807, 2.05) is 11.8 Å². The van der Waals surface area contributed by atoms with Gasteiger partial charge in [-0.25, -0.2) is 0 Å². The van der Waals surface area contributed by atoms with E-state index in [-0.39, 0.29) is 18.1 Å². The zero-order valence-corrected chi connectivity index (χ0v) is 10.6. The first-order chi connectivity index (χ1) is 8.08.